The molecule has 1 N–H and O–H groups in total. The average molecular weight is 377 g/mol. The molecule has 2 aromatic rings. The smallest absolute Gasteiger partial charge is 0.327 e. The van der Waals surface area contributed by atoms with Crippen molar-refractivity contribution in [3.63, 3.8) is 0 Å². The van der Waals surface area contributed by atoms with E-state index in [1.807, 2.05) is 0 Å². The number of amides is 1. The van der Waals surface area contributed by atoms with Gasteiger partial charge in [0, 0.05) is 23.9 Å². The Morgan fingerprint density at radius 3 is 1.96 bits per heavy atom. The number of ether oxygens (including phenoxy) is 3. The minimum Gasteiger partial charge on any atom is -0.493 e. The van der Waals surface area contributed by atoms with Crippen LogP contribution in [-0.2, 0) is 0 Å². The summed E-state index contributed by atoms with van der Waals surface area (Å²) in [7, 11) is 3.78. The van der Waals surface area contributed by atoms with E-state index >= 15 is 0 Å². The summed E-state index contributed by atoms with van der Waals surface area (Å²) >= 11 is 0. The van der Waals surface area contributed by atoms with Crippen LogP contribution in [0.1, 0.15) is 10.4 Å². The van der Waals surface area contributed by atoms with Crippen molar-refractivity contribution in [2.75, 3.05) is 26.6 Å². The van der Waals surface area contributed by atoms with Crippen molar-refractivity contribution in [2.45, 2.75) is 0 Å². The molecule has 0 spiro atoms. The van der Waals surface area contributed by atoms with Gasteiger partial charge in [0.1, 0.15) is 5.56 Å². The molecule has 11 nitrogen and oxygen atoms in total. The van der Waals surface area contributed by atoms with Crippen LogP contribution in [0, 0.1) is 20.2 Å². The van der Waals surface area contributed by atoms with E-state index in [1.165, 1.54) is 45.6 Å². The maximum atomic E-state index is 12.6. The number of anilines is 1. The number of nitrogens with one attached hydrogen (secondary N) is 1. The number of benzene rings is 2. The SMILES string of the molecule is COc1cc(C(=O)Nc2ccc([N+](=O)[O-])cc2)c([N+](=O)[O-])c(OC)c1OC. The van der Waals surface area contributed by atoms with Crippen LogP contribution in [0.25, 0.3) is 0 Å². The van der Waals surface area contributed by atoms with E-state index in [2.05, 4.69) is 5.32 Å². The summed E-state index contributed by atoms with van der Waals surface area (Å²) in [5.74, 6) is -1.06. The molecule has 0 unspecified atom stereocenters. The number of nitro benzene ring substituents is 2. The summed E-state index contributed by atoms with van der Waals surface area (Å²) in [6.07, 6.45) is 0. The van der Waals surface area contributed by atoms with Crippen molar-refractivity contribution in [2.24, 2.45) is 0 Å². The normalized spacial score (nSPS) is 10.0. The molecule has 27 heavy (non-hydrogen) atoms. The standard InChI is InChI=1S/C16H15N3O8/c1-25-12-8-11(13(19(23)24)15(27-3)14(12)26-2)16(20)17-9-4-6-10(7-5-9)18(21)22/h4-8H,1-3H3,(H,17,20). The van der Waals surface area contributed by atoms with Crippen LogP contribution in [-0.4, -0.2) is 37.1 Å². The van der Waals surface area contributed by atoms with E-state index in [9.17, 15) is 25.0 Å². The molecule has 0 saturated carbocycles. The summed E-state index contributed by atoms with van der Waals surface area (Å²) < 4.78 is 15.3. The molecule has 0 bridgehead atoms. The van der Waals surface area contributed by atoms with Crippen LogP contribution in [0.15, 0.2) is 30.3 Å². The summed E-state index contributed by atoms with van der Waals surface area (Å²) in [5.41, 5.74) is -0.872. The van der Waals surface area contributed by atoms with Gasteiger partial charge in [0.2, 0.25) is 11.5 Å². The van der Waals surface area contributed by atoms with Crippen LogP contribution in [0.5, 0.6) is 17.2 Å². The molecular formula is C16H15N3O8. The van der Waals surface area contributed by atoms with Gasteiger partial charge in [0.15, 0.2) is 5.75 Å². The molecule has 142 valence electrons. The number of nitro groups is 2. The summed E-state index contributed by atoms with van der Waals surface area (Å²) in [5, 5.41) is 24.6. The van der Waals surface area contributed by atoms with Gasteiger partial charge in [0.25, 0.3) is 11.6 Å². The lowest BCUT2D eigenvalue weighted by Crippen LogP contribution is -2.15. The van der Waals surface area contributed by atoms with Gasteiger partial charge in [-0.3, -0.25) is 25.0 Å². The van der Waals surface area contributed by atoms with Crippen LogP contribution < -0.4 is 19.5 Å². The first-order chi connectivity index (χ1) is 12.8. The predicted octanol–water partition coefficient (Wildman–Crippen LogP) is 2.78. The average Bonchev–Trinajstić information content (AvgIpc) is 2.66. The molecule has 0 fully saturated rings. The Labute approximate surface area is 152 Å². The molecule has 0 heterocycles. The maximum absolute atomic E-state index is 12.6. The minimum absolute atomic E-state index is 0.0291. The van der Waals surface area contributed by atoms with Gasteiger partial charge in [-0.2, -0.15) is 0 Å². The molecule has 0 atom stereocenters. The van der Waals surface area contributed by atoms with Gasteiger partial charge in [-0.05, 0) is 12.1 Å². The van der Waals surface area contributed by atoms with Gasteiger partial charge < -0.3 is 19.5 Å². The number of rotatable bonds is 7. The first kappa shape index (κ1) is 19.4. The van der Waals surface area contributed by atoms with E-state index in [0.717, 1.165) is 6.07 Å². The lowest BCUT2D eigenvalue weighted by Gasteiger charge is -2.14. The number of nitrogens with zero attached hydrogens (tertiary/aromatic N) is 2. The van der Waals surface area contributed by atoms with Crippen molar-refractivity contribution in [3.8, 4) is 17.2 Å². The largest absolute Gasteiger partial charge is 0.493 e. The third kappa shape index (κ3) is 3.86. The highest BCUT2D eigenvalue weighted by atomic mass is 16.6. The van der Waals surface area contributed by atoms with E-state index in [1.54, 1.807) is 0 Å². The Kier molecular flexibility index (Phi) is 5.75. The van der Waals surface area contributed by atoms with Gasteiger partial charge >= 0.3 is 5.69 Å². The number of hydrogen-bond donors (Lipinski definition) is 1. The van der Waals surface area contributed by atoms with Crippen molar-refractivity contribution in [3.05, 3.63) is 56.1 Å². The van der Waals surface area contributed by atoms with Crippen LogP contribution >= 0.6 is 0 Å². The van der Waals surface area contributed by atoms with E-state index < -0.39 is 21.4 Å². The van der Waals surface area contributed by atoms with Crippen LogP contribution in [0.4, 0.5) is 17.1 Å². The molecule has 11 heteroatoms. The van der Waals surface area contributed by atoms with Gasteiger partial charge in [-0.15, -0.1) is 0 Å². The van der Waals surface area contributed by atoms with E-state index in [-0.39, 0.29) is 34.2 Å². The minimum atomic E-state index is -0.824. The number of hydrogen-bond acceptors (Lipinski definition) is 8. The Morgan fingerprint density at radius 2 is 1.52 bits per heavy atom. The third-order valence-corrected chi connectivity index (χ3v) is 3.57. The zero-order chi connectivity index (χ0) is 20.1. The Bertz CT molecular complexity index is 896. The van der Waals surface area contributed by atoms with Gasteiger partial charge in [-0.1, -0.05) is 0 Å². The summed E-state index contributed by atoms with van der Waals surface area (Å²) in [6.45, 7) is 0. The second-order valence-corrected chi connectivity index (χ2v) is 5.06. The fraction of sp³-hybridized carbons (Fsp3) is 0.188. The number of carbonyl (C=O) groups is 1. The topological polar surface area (TPSA) is 143 Å². The third-order valence-electron chi connectivity index (χ3n) is 3.57. The highest BCUT2D eigenvalue weighted by Crippen LogP contribution is 2.46. The lowest BCUT2D eigenvalue weighted by atomic mass is 10.1. The number of methoxy groups -OCH3 is 3. The number of carbonyl (C=O) groups excluding carboxylic acids is 1. The van der Waals surface area contributed by atoms with Crippen molar-refractivity contribution < 1.29 is 28.9 Å². The number of non-ortho nitro benzene ring substituents is 1. The summed E-state index contributed by atoms with van der Waals surface area (Å²) in [6, 6.07) is 6.15. The second kappa shape index (κ2) is 7.99. The lowest BCUT2D eigenvalue weighted by molar-refractivity contribution is -0.386. The summed E-state index contributed by atoms with van der Waals surface area (Å²) in [4.78, 5) is 33.4. The van der Waals surface area contributed by atoms with Crippen molar-refractivity contribution in [1.82, 2.24) is 0 Å². The molecule has 0 saturated heterocycles. The fourth-order valence-corrected chi connectivity index (χ4v) is 2.36. The van der Waals surface area contributed by atoms with E-state index in [4.69, 9.17) is 14.2 Å². The fourth-order valence-electron chi connectivity index (χ4n) is 2.36. The Hall–Kier alpha value is -3.89. The predicted molar refractivity (Wildman–Crippen MR) is 93.8 cm³/mol. The zero-order valence-electron chi connectivity index (χ0n) is 14.5. The highest BCUT2D eigenvalue weighted by Gasteiger charge is 2.32. The van der Waals surface area contributed by atoms with E-state index in [0.29, 0.717) is 0 Å². The molecular weight excluding hydrogens is 362 g/mol. The second-order valence-electron chi connectivity index (χ2n) is 5.06. The Morgan fingerprint density at radius 1 is 0.926 bits per heavy atom. The van der Waals surface area contributed by atoms with Gasteiger partial charge in [0.05, 0.1) is 31.2 Å². The first-order valence-corrected chi connectivity index (χ1v) is 7.37. The molecule has 2 rings (SSSR count). The molecule has 0 aliphatic rings. The monoisotopic (exact) mass is 377 g/mol. The maximum Gasteiger partial charge on any atom is 0.327 e. The molecule has 0 aliphatic carbocycles. The highest BCUT2D eigenvalue weighted by molar-refractivity contribution is 6.08. The van der Waals surface area contributed by atoms with Crippen molar-refractivity contribution in [1.29, 1.82) is 0 Å². The molecule has 2 aromatic carbocycles. The first-order valence-electron chi connectivity index (χ1n) is 7.37. The Balaban J connectivity index is 2.50. The van der Waals surface area contributed by atoms with Gasteiger partial charge in [-0.25, -0.2) is 0 Å². The molecule has 0 aromatic heterocycles. The zero-order valence-corrected chi connectivity index (χ0v) is 14.5. The molecule has 1 amide bonds. The quantitative estimate of drug-likeness (QED) is 0.573. The van der Waals surface area contributed by atoms with Crippen LogP contribution in [0.3, 0.4) is 0 Å². The van der Waals surface area contributed by atoms with Crippen molar-refractivity contribution >= 4 is 23.0 Å². The molecule has 0 aliphatic heterocycles. The van der Waals surface area contributed by atoms with Crippen LogP contribution in [0.2, 0.25) is 0 Å². The molecule has 0 radical (unpaired) electrons.